The molecule has 8 heteroatoms. The summed E-state index contributed by atoms with van der Waals surface area (Å²) in [6.45, 7) is 2.25. The second-order valence-corrected chi connectivity index (χ2v) is 5.80. The number of carbonyl (C=O) groups is 2. The fourth-order valence-corrected chi connectivity index (χ4v) is 2.73. The van der Waals surface area contributed by atoms with Crippen molar-refractivity contribution in [2.24, 2.45) is 5.73 Å². The molecule has 140 valence electrons. The molecule has 1 aliphatic rings. The van der Waals surface area contributed by atoms with E-state index in [2.05, 4.69) is 0 Å². The van der Waals surface area contributed by atoms with Gasteiger partial charge < -0.3 is 25.0 Å². The van der Waals surface area contributed by atoms with Gasteiger partial charge in [0.15, 0.2) is 0 Å². The minimum Gasteiger partial charge on any atom is -0.497 e. The first-order valence-electron chi connectivity index (χ1n) is 7.99. The quantitative estimate of drug-likeness (QED) is 0.777. The van der Waals surface area contributed by atoms with E-state index in [0.717, 1.165) is 11.3 Å². The Bertz CT molecular complexity index is 577. The second-order valence-electron chi connectivity index (χ2n) is 5.80. The number of carbonyl (C=O) groups excluding carboxylic acids is 2. The van der Waals surface area contributed by atoms with E-state index in [-0.39, 0.29) is 30.8 Å². The Hall–Kier alpha value is -1.83. The van der Waals surface area contributed by atoms with Crippen LogP contribution in [0.3, 0.4) is 0 Å². The van der Waals surface area contributed by atoms with E-state index in [1.54, 1.807) is 16.9 Å². The lowest BCUT2D eigenvalue weighted by atomic mass is 10.1. The van der Waals surface area contributed by atoms with E-state index < -0.39 is 6.04 Å². The Labute approximate surface area is 154 Å². The molecular weight excluding hydrogens is 346 g/mol. The SMILES string of the molecule is COCC(N)C(=O)N1CCN(C(=O)Cc2cccc(OC)c2)CC1.Cl. The molecule has 2 N–H and O–H groups in total. The number of rotatable bonds is 6. The molecule has 1 unspecified atom stereocenters. The molecule has 1 atom stereocenters. The summed E-state index contributed by atoms with van der Waals surface area (Å²) in [4.78, 5) is 28.0. The van der Waals surface area contributed by atoms with Crippen LogP contribution in [0.4, 0.5) is 0 Å². The van der Waals surface area contributed by atoms with Gasteiger partial charge in [0.1, 0.15) is 11.8 Å². The third-order valence-electron chi connectivity index (χ3n) is 4.10. The molecule has 25 heavy (non-hydrogen) atoms. The minimum absolute atomic E-state index is 0. The maximum Gasteiger partial charge on any atom is 0.241 e. The van der Waals surface area contributed by atoms with Crippen molar-refractivity contribution in [3.05, 3.63) is 29.8 Å². The van der Waals surface area contributed by atoms with Crippen molar-refractivity contribution in [2.45, 2.75) is 12.5 Å². The summed E-state index contributed by atoms with van der Waals surface area (Å²) in [5.74, 6) is 0.663. The van der Waals surface area contributed by atoms with Crippen LogP contribution in [0.15, 0.2) is 24.3 Å². The van der Waals surface area contributed by atoms with E-state index in [0.29, 0.717) is 32.6 Å². The third-order valence-corrected chi connectivity index (χ3v) is 4.10. The molecule has 7 nitrogen and oxygen atoms in total. The van der Waals surface area contributed by atoms with Gasteiger partial charge in [0.25, 0.3) is 0 Å². The predicted octanol–water partition coefficient (Wildman–Crippen LogP) is 0.304. The van der Waals surface area contributed by atoms with Crippen molar-refractivity contribution < 1.29 is 19.1 Å². The first kappa shape index (κ1) is 21.2. The van der Waals surface area contributed by atoms with Gasteiger partial charge in [-0.05, 0) is 17.7 Å². The monoisotopic (exact) mass is 371 g/mol. The Balaban J connectivity index is 0.00000312. The number of nitrogens with two attached hydrogens (primary N) is 1. The maximum absolute atomic E-state index is 12.4. The summed E-state index contributed by atoms with van der Waals surface area (Å²) in [6, 6.07) is 6.84. The molecule has 0 aliphatic carbocycles. The van der Waals surface area contributed by atoms with E-state index in [1.165, 1.54) is 7.11 Å². The van der Waals surface area contributed by atoms with Gasteiger partial charge in [-0.1, -0.05) is 12.1 Å². The average Bonchev–Trinajstić information content (AvgIpc) is 2.61. The maximum atomic E-state index is 12.4. The Morgan fingerprint density at radius 3 is 2.40 bits per heavy atom. The summed E-state index contributed by atoms with van der Waals surface area (Å²) in [5, 5.41) is 0. The number of methoxy groups -OCH3 is 2. The Morgan fingerprint density at radius 2 is 1.80 bits per heavy atom. The van der Waals surface area contributed by atoms with Crippen LogP contribution in [0.2, 0.25) is 0 Å². The third kappa shape index (κ3) is 5.88. The molecule has 1 aromatic carbocycles. The summed E-state index contributed by atoms with van der Waals surface area (Å²) in [6.07, 6.45) is 0.328. The molecule has 0 spiro atoms. The average molecular weight is 372 g/mol. The molecule has 2 rings (SSSR count). The molecule has 1 heterocycles. The summed E-state index contributed by atoms with van der Waals surface area (Å²) < 4.78 is 10.1. The number of ether oxygens (including phenoxy) is 2. The van der Waals surface area contributed by atoms with E-state index in [9.17, 15) is 9.59 Å². The zero-order chi connectivity index (χ0) is 17.5. The van der Waals surface area contributed by atoms with E-state index >= 15 is 0 Å². The van der Waals surface area contributed by atoms with Crippen LogP contribution in [0.1, 0.15) is 5.56 Å². The molecule has 0 saturated carbocycles. The lowest BCUT2D eigenvalue weighted by Gasteiger charge is -2.36. The summed E-state index contributed by atoms with van der Waals surface area (Å²) >= 11 is 0. The standard InChI is InChI=1S/C17H25N3O4.ClH/c1-23-12-15(18)17(22)20-8-6-19(7-9-20)16(21)11-13-4-3-5-14(10-13)24-2;/h3-5,10,15H,6-9,11-12,18H2,1-2H3;1H. The molecule has 1 aromatic rings. The highest BCUT2D eigenvalue weighted by molar-refractivity contribution is 5.85. The van der Waals surface area contributed by atoms with Crippen LogP contribution in [-0.2, 0) is 20.7 Å². The first-order valence-corrected chi connectivity index (χ1v) is 7.99. The van der Waals surface area contributed by atoms with Crippen LogP contribution in [-0.4, -0.2) is 74.7 Å². The summed E-state index contributed by atoms with van der Waals surface area (Å²) in [5.41, 5.74) is 6.69. The normalized spacial score (nSPS) is 15.3. The molecule has 1 saturated heterocycles. The topological polar surface area (TPSA) is 85.1 Å². The zero-order valence-electron chi connectivity index (χ0n) is 14.6. The highest BCUT2D eigenvalue weighted by Gasteiger charge is 2.27. The Morgan fingerprint density at radius 1 is 1.16 bits per heavy atom. The highest BCUT2D eigenvalue weighted by atomic mass is 35.5. The van der Waals surface area contributed by atoms with E-state index in [1.807, 2.05) is 24.3 Å². The van der Waals surface area contributed by atoms with Crippen LogP contribution in [0.5, 0.6) is 5.75 Å². The lowest BCUT2D eigenvalue weighted by Crippen LogP contribution is -2.55. The molecular formula is C17H26ClN3O4. The molecule has 1 fully saturated rings. The van der Waals surface area contributed by atoms with Gasteiger partial charge >= 0.3 is 0 Å². The molecule has 0 radical (unpaired) electrons. The smallest absolute Gasteiger partial charge is 0.241 e. The molecule has 2 amide bonds. The number of hydrogen-bond donors (Lipinski definition) is 1. The molecule has 1 aliphatic heterocycles. The number of nitrogens with zero attached hydrogens (tertiary/aromatic N) is 2. The molecule has 0 aromatic heterocycles. The number of piperazine rings is 1. The van der Waals surface area contributed by atoms with Crippen molar-refractivity contribution in [1.82, 2.24) is 9.80 Å². The van der Waals surface area contributed by atoms with Gasteiger partial charge in [0, 0.05) is 33.3 Å². The van der Waals surface area contributed by atoms with Gasteiger partial charge in [0.05, 0.1) is 20.1 Å². The lowest BCUT2D eigenvalue weighted by molar-refractivity contribution is -0.140. The van der Waals surface area contributed by atoms with Crippen molar-refractivity contribution in [3.8, 4) is 5.75 Å². The number of hydrogen-bond acceptors (Lipinski definition) is 5. The number of benzene rings is 1. The Kier molecular flexibility index (Phi) is 8.68. The first-order chi connectivity index (χ1) is 11.5. The van der Waals surface area contributed by atoms with Gasteiger partial charge in [-0.15, -0.1) is 12.4 Å². The van der Waals surface area contributed by atoms with Crippen molar-refractivity contribution in [1.29, 1.82) is 0 Å². The van der Waals surface area contributed by atoms with Crippen LogP contribution < -0.4 is 10.5 Å². The number of amides is 2. The highest BCUT2D eigenvalue weighted by Crippen LogP contribution is 2.14. The van der Waals surface area contributed by atoms with Gasteiger partial charge in [-0.25, -0.2) is 0 Å². The van der Waals surface area contributed by atoms with Gasteiger partial charge in [-0.2, -0.15) is 0 Å². The van der Waals surface area contributed by atoms with Crippen molar-refractivity contribution in [3.63, 3.8) is 0 Å². The largest absolute Gasteiger partial charge is 0.497 e. The summed E-state index contributed by atoms with van der Waals surface area (Å²) in [7, 11) is 3.12. The van der Waals surface area contributed by atoms with Crippen molar-refractivity contribution in [2.75, 3.05) is 47.0 Å². The van der Waals surface area contributed by atoms with Gasteiger partial charge in [0.2, 0.25) is 11.8 Å². The van der Waals surface area contributed by atoms with Gasteiger partial charge in [-0.3, -0.25) is 9.59 Å². The number of halogens is 1. The minimum atomic E-state index is -0.644. The zero-order valence-corrected chi connectivity index (χ0v) is 15.5. The second kappa shape index (κ2) is 10.2. The predicted molar refractivity (Wildman–Crippen MR) is 97.0 cm³/mol. The van der Waals surface area contributed by atoms with Crippen molar-refractivity contribution >= 4 is 24.2 Å². The van der Waals surface area contributed by atoms with Crippen LogP contribution in [0, 0.1) is 0 Å². The molecule has 0 bridgehead atoms. The van der Waals surface area contributed by atoms with E-state index in [4.69, 9.17) is 15.2 Å². The van der Waals surface area contributed by atoms with Crippen LogP contribution >= 0.6 is 12.4 Å². The van der Waals surface area contributed by atoms with Crippen LogP contribution in [0.25, 0.3) is 0 Å². The fraction of sp³-hybridized carbons (Fsp3) is 0.529. The fourth-order valence-electron chi connectivity index (χ4n) is 2.73.